The largest absolute Gasteiger partial charge is 0.467 e. The van der Waals surface area contributed by atoms with Crippen molar-refractivity contribution in [1.29, 1.82) is 5.26 Å². The monoisotopic (exact) mass is 264 g/mol. The van der Waals surface area contributed by atoms with E-state index in [-0.39, 0.29) is 11.5 Å². The van der Waals surface area contributed by atoms with Gasteiger partial charge >= 0.3 is 5.97 Å². The molecule has 1 aromatic rings. The van der Waals surface area contributed by atoms with E-state index in [0.29, 0.717) is 12.1 Å². The predicted octanol–water partition coefficient (Wildman–Crippen LogP) is 2.70. The highest BCUT2D eigenvalue weighted by Gasteiger charge is 2.22. The van der Waals surface area contributed by atoms with Crippen LogP contribution in [0.3, 0.4) is 0 Å². The van der Waals surface area contributed by atoms with Gasteiger partial charge in [0.1, 0.15) is 23.5 Å². The molecular formula is C14H17FN2O2. The molecule has 1 atom stereocenters. The highest BCUT2D eigenvalue weighted by Crippen LogP contribution is 2.20. The molecule has 1 unspecified atom stereocenters. The third-order valence-electron chi connectivity index (χ3n) is 2.65. The smallest absolute Gasteiger partial charge is 0.328 e. The van der Waals surface area contributed by atoms with E-state index in [1.165, 1.54) is 19.2 Å². The third-order valence-corrected chi connectivity index (χ3v) is 2.65. The Labute approximate surface area is 112 Å². The van der Waals surface area contributed by atoms with E-state index in [4.69, 9.17) is 10.00 Å². The van der Waals surface area contributed by atoms with Crippen molar-refractivity contribution < 1.29 is 13.9 Å². The molecule has 0 bridgehead atoms. The maximum Gasteiger partial charge on any atom is 0.328 e. The molecule has 0 amide bonds. The van der Waals surface area contributed by atoms with Crippen LogP contribution >= 0.6 is 0 Å². The number of methoxy groups -OCH3 is 1. The van der Waals surface area contributed by atoms with Crippen LogP contribution in [-0.2, 0) is 9.53 Å². The Hall–Kier alpha value is -2.09. The number of hydrogen-bond donors (Lipinski definition) is 1. The highest BCUT2D eigenvalue weighted by molar-refractivity contribution is 5.80. The average Bonchev–Trinajstić information content (AvgIpc) is 2.36. The molecule has 1 N–H and O–H groups in total. The summed E-state index contributed by atoms with van der Waals surface area (Å²) in [5.74, 6) is -0.779. The fourth-order valence-electron chi connectivity index (χ4n) is 1.77. The van der Waals surface area contributed by atoms with Crippen molar-refractivity contribution in [2.45, 2.75) is 26.3 Å². The molecule has 0 spiro atoms. The van der Waals surface area contributed by atoms with Crippen molar-refractivity contribution in [3.8, 4) is 6.07 Å². The van der Waals surface area contributed by atoms with Crippen molar-refractivity contribution in [3.63, 3.8) is 0 Å². The van der Waals surface area contributed by atoms with Crippen LogP contribution in [0.4, 0.5) is 10.1 Å². The molecular weight excluding hydrogens is 247 g/mol. The first-order valence-corrected chi connectivity index (χ1v) is 6.02. The Kier molecular flexibility index (Phi) is 5.31. The number of benzene rings is 1. The number of carbonyl (C=O) groups is 1. The van der Waals surface area contributed by atoms with Gasteiger partial charge in [-0.3, -0.25) is 0 Å². The first-order valence-electron chi connectivity index (χ1n) is 6.02. The summed E-state index contributed by atoms with van der Waals surface area (Å²) in [7, 11) is 1.30. The quantitative estimate of drug-likeness (QED) is 0.830. The van der Waals surface area contributed by atoms with E-state index in [0.717, 1.165) is 0 Å². The van der Waals surface area contributed by atoms with Crippen LogP contribution < -0.4 is 5.32 Å². The van der Waals surface area contributed by atoms with E-state index in [1.807, 2.05) is 13.8 Å². The van der Waals surface area contributed by atoms with Gasteiger partial charge in [0, 0.05) is 0 Å². The van der Waals surface area contributed by atoms with Crippen molar-refractivity contribution >= 4 is 11.7 Å². The molecule has 0 heterocycles. The maximum absolute atomic E-state index is 13.5. The van der Waals surface area contributed by atoms with E-state index < -0.39 is 17.8 Å². The van der Waals surface area contributed by atoms with Crippen LogP contribution in [0, 0.1) is 23.1 Å². The molecule has 0 saturated heterocycles. The lowest BCUT2D eigenvalue weighted by molar-refractivity contribution is -0.141. The lowest BCUT2D eigenvalue weighted by Crippen LogP contribution is -2.32. The fourth-order valence-corrected chi connectivity index (χ4v) is 1.77. The van der Waals surface area contributed by atoms with Gasteiger partial charge < -0.3 is 10.1 Å². The summed E-state index contributed by atoms with van der Waals surface area (Å²) < 4.78 is 18.2. The van der Waals surface area contributed by atoms with Crippen molar-refractivity contribution in [2.24, 2.45) is 5.92 Å². The molecule has 4 nitrogen and oxygen atoms in total. The molecule has 0 saturated carbocycles. The summed E-state index contributed by atoms with van der Waals surface area (Å²) in [6, 6.07) is 5.45. The van der Waals surface area contributed by atoms with E-state index in [2.05, 4.69) is 5.32 Å². The van der Waals surface area contributed by atoms with Crippen molar-refractivity contribution in [3.05, 3.63) is 29.6 Å². The van der Waals surface area contributed by atoms with Gasteiger partial charge in [-0.15, -0.1) is 0 Å². The molecule has 5 heteroatoms. The van der Waals surface area contributed by atoms with Crippen LogP contribution in [0.1, 0.15) is 25.8 Å². The van der Waals surface area contributed by atoms with Gasteiger partial charge in [0.25, 0.3) is 0 Å². The van der Waals surface area contributed by atoms with E-state index in [9.17, 15) is 9.18 Å². The number of rotatable bonds is 5. The molecule has 0 aromatic heterocycles. The van der Waals surface area contributed by atoms with E-state index >= 15 is 0 Å². The molecule has 19 heavy (non-hydrogen) atoms. The van der Waals surface area contributed by atoms with Gasteiger partial charge in [-0.1, -0.05) is 19.9 Å². The summed E-state index contributed by atoms with van der Waals surface area (Å²) in [5, 5.41) is 11.8. The minimum atomic E-state index is -0.610. The first-order chi connectivity index (χ1) is 8.99. The van der Waals surface area contributed by atoms with Gasteiger partial charge in [0.05, 0.1) is 12.8 Å². The number of hydrogen-bond acceptors (Lipinski definition) is 4. The van der Waals surface area contributed by atoms with Gasteiger partial charge in [-0.2, -0.15) is 5.26 Å². The molecule has 0 aliphatic rings. The van der Waals surface area contributed by atoms with Crippen LogP contribution in [0.25, 0.3) is 0 Å². The SMILES string of the molecule is COC(=O)C(CC(C)C)Nc1cccc(F)c1C#N. The second kappa shape index (κ2) is 6.74. The van der Waals surface area contributed by atoms with Crippen LogP contribution in [0.5, 0.6) is 0 Å². The second-order valence-electron chi connectivity index (χ2n) is 4.62. The zero-order valence-corrected chi connectivity index (χ0v) is 11.2. The predicted molar refractivity (Wildman–Crippen MR) is 70.0 cm³/mol. The molecule has 1 aromatic carbocycles. The Morgan fingerprint density at radius 1 is 1.53 bits per heavy atom. The minimum Gasteiger partial charge on any atom is -0.467 e. The molecule has 0 radical (unpaired) electrons. The Balaban J connectivity index is 3.00. The molecule has 0 aliphatic heterocycles. The van der Waals surface area contributed by atoms with E-state index in [1.54, 1.807) is 12.1 Å². The maximum atomic E-state index is 13.5. The first kappa shape index (κ1) is 15.0. The zero-order valence-electron chi connectivity index (χ0n) is 11.2. The van der Waals surface area contributed by atoms with Crippen molar-refractivity contribution in [1.82, 2.24) is 0 Å². The van der Waals surface area contributed by atoms with Gasteiger partial charge in [-0.25, -0.2) is 9.18 Å². The number of halogens is 1. The third kappa shape index (κ3) is 3.95. The highest BCUT2D eigenvalue weighted by atomic mass is 19.1. The Bertz CT molecular complexity index is 495. The lowest BCUT2D eigenvalue weighted by Gasteiger charge is -2.20. The van der Waals surface area contributed by atoms with Gasteiger partial charge in [0.2, 0.25) is 0 Å². The Morgan fingerprint density at radius 2 is 2.21 bits per heavy atom. The van der Waals surface area contributed by atoms with Gasteiger partial charge in [-0.05, 0) is 24.5 Å². The second-order valence-corrected chi connectivity index (χ2v) is 4.62. The van der Waals surface area contributed by atoms with Crippen LogP contribution in [0.15, 0.2) is 18.2 Å². The van der Waals surface area contributed by atoms with Crippen LogP contribution in [0.2, 0.25) is 0 Å². The number of anilines is 1. The normalized spacial score (nSPS) is 11.8. The topological polar surface area (TPSA) is 62.1 Å². The summed E-state index contributed by atoms with van der Waals surface area (Å²) in [6.07, 6.45) is 0.536. The van der Waals surface area contributed by atoms with Crippen molar-refractivity contribution in [2.75, 3.05) is 12.4 Å². The summed E-state index contributed by atoms with van der Waals surface area (Å²) >= 11 is 0. The number of nitrogens with zero attached hydrogens (tertiary/aromatic N) is 1. The summed E-state index contributed by atoms with van der Waals surface area (Å²) in [6.45, 7) is 3.93. The molecule has 0 aliphatic carbocycles. The summed E-state index contributed by atoms with van der Waals surface area (Å²) in [5.41, 5.74) is 0.207. The average molecular weight is 264 g/mol. The number of ether oxygens (including phenoxy) is 1. The Morgan fingerprint density at radius 3 is 2.74 bits per heavy atom. The molecule has 0 fully saturated rings. The van der Waals surface area contributed by atoms with Crippen LogP contribution in [-0.4, -0.2) is 19.1 Å². The lowest BCUT2D eigenvalue weighted by atomic mass is 10.0. The van der Waals surface area contributed by atoms with Gasteiger partial charge in [0.15, 0.2) is 0 Å². The zero-order chi connectivity index (χ0) is 14.4. The minimum absolute atomic E-state index is 0.0971. The number of esters is 1. The molecule has 102 valence electrons. The fraction of sp³-hybridized carbons (Fsp3) is 0.429. The number of nitriles is 1. The summed E-state index contributed by atoms with van der Waals surface area (Å²) in [4.78, 5) is 11.7. The number of carbonyl (C=O) groups excluding carboxylic acids is 1. The molecule has 1 rings (SSSR count). The standard InChI is InChI=1S/C14H17FN2O2/c1-9(2)7-13(14(18)19-3)17-12-6-4-5-11(15)10(12)8-16/h4-6,9,13,17H,7H2,1-3H3. The number of nitrogens with one attached hydrogen (secondary N) is 1.